The lowest BCUT2D eigenvalue weighted by Crippen LogP contribution is -2.37. The zero-order valence-corrected chi connectivity index (χ0v) is 19.3. The second-order valence-electron chi connectivity index (χ2n) is 8.34. The highest BCUT2D eigenvalue weighted by molar-refractivity contribution is 5.84. The number of hydrogen-bond acceptors (Lipinski definition) is 5. The molecule has 0 spiro atoms. The monoisotopic (exact) mass is 426 g/mol. The lowest BCUT2D eigenvalue weighted by molar-refractivity contribution is 0.0636. The first kappa shape index (κ1) is 24.0. The molecule has 0 saturated heterocycles. The SMILES string of the molecule is CN=C(NCCc1ccc(NC(=O)OC(C)(C)C)cc1)NCc1ccnc(N(C)C)c1. The quantitative estimate of drug-likeness (QED) is 0.464. The number of aromatic nitrogens is 1. The Labute approximate surface area is 185 Å². The summed E-state index contributed by atoms with van der Waals surface area (Å²) in [6.45, 7) is 6.91. The van der Waals surface area contributed by atoms with E-state index in [1.165, 1.54) is 0 Å². The van der Waals surface area contributed by atoms with Crippen molar-refractivity contribution in [2.24, 2.45) is 4.99 Å². The number of carbonyl (C=O) groups is 1. The maximum Gasteiger partial charge on any atom is 0.412 e. The van der Waals surface area contributed by atoms with Gasteiger partial charge in [-0.1, -0.05) is 12.1 Å². The lowest BCUT2D eigenvalue weighted by atomic mass is 10.1. The molecule has 0 bridgehead atoms. The molecule has 2 rings (SSSR count). The average Bonchev–Trinajstić information content (AvgIpc) is 2.70. The zero-order chi connectivity index (χ0) is 22.9. The maximum absolute atomic E-state index is 11.8. The number of ether oxygens (including phenoxy) is 1. The fourth-order valence-electron chi connectivity index (χ4n) is 2.72. The highest BCUT2D eigenvalue weighted by Gasteiger charge is 2.16. The third-order valence-corrected chi connectivity index (χ3v) is 4.26. The molecule has 0 aliphatic carbocycles. The van der Waals surface area contributed by atoms with E-state index in [-0.39, 0.29) is 0 Å². The van der Waals surface area contributed by atoms with E-state index in [1.54, 1.807) is 7.05 Å². The van der Waals surface area contributed by atoms with Gasteiger partial charge in [0.05, 0.1) is 0 Å². The summed E-state index contributed by atoms with van der Waals surface area (Å²) in [7, 11) is 5.70. The minimum atomic E-state index is -0.520. The second kappa shape index (κ2) is 11.2. The summed E-state index contributed by atoms with van der Waals surface area (Å²) in [5.41, 5.74) is 2.48. The molecule has 3 N–H and O–H groups in total. The van der Waals surface area contributed by atoms with E-state index in [9.17, 15) is 4.79 Å². The van der Waals surface area contributed by atoms with Gasteiger partial charge in [-0.05, 0) is 62.6 Å². The average molecular weight is 427 g/mol. The molecule has 1 amide bonds. The number of aliphatic imine (C=N–C) groups is 1. The Balaban J connectivity index is 1.77. The van der Waals surface area contributed by atoms with E-state index >= 15 is 0 Å². The molecule has 168 valence electrons. The predicted molar refractivity (Wildman–Crippen MR) is 127 cm³/mol. The minimum Gasteiger partial charge on any atom is -0.444 e. The Morgan fingerprint density at radius 2 is 1.81 bits per heavy atom. The van der Waals surface area contributed by atoms with Crippen LogP contribution in [0.2, 0.25) is 0 Å². The number of amides is 1. The van der Waals surface area contributed by atoms with E-state index in [4.69, 9.17) is 4.74 Å². The first-order valence-electron chi connectivity index (χ1n) is 10.3. The molecule has 0 fully saturated rings. The van der Waals surface area contributed by atoms with Crippen molar-refractivity contribution in [3.05, 3.63) is 53.7 Å². The number of pyridine rings is 1. The summed E-state index contributed by atoms with van der Waals surface area (Å²) in [5.74, 6) is 1.67. The first-order valence-corrected chi connectivity index (χ1v) is 10.3. The number of nitrogens with one attached hydrogen (secondary N) is 3. The highest BCUT2D eigenvalue weighted by Crippen LogP contribution is 2.13. The van der Waals surface area contributed by atoms with Crippen molar-refractivity contribution in [1.82, 2.24) is 15.6 Å². The Bertz CT molecular complexity index is 872. The van der Waals surface area contributed by atoms with Crippen molar-refractivity contribution >= 4 is 23.6 Å². The number of benzene rings is 1. The number of guanidine groups is 1. The summed E-state index contributed by atoms with van der Waals surface area (Å²) >= 11 is 0. The van der Waals surface area contributed by atoms with Crippen molar-refractivity contribution in [2.75, 3.05) is 37.9 Å². The molecule has 31 heavy (non-hydrogen) atoms. The molecule has 1 heterocycles. The highest BCUT2D eigenvalue weighted by atomic mass is 16.6. The molecule has 0 aliphatic rings. The molecule has 8 nitrogen and oxygen atoms in total. The Kier molecular flexibility index (Phi) is 8.66. The van der Waals surface area contributed by atoms with Gasteiger partial charge < -0.3 is 20.3 Å². The lowest BCUT2D eigenvalue weighted by Gasteiger charge is -2.19. The van der Waals surface area contributed by atoms with Crippen molar-refractivity contribution in [1.29, 1.82) is 0 Å². The standard InChI is InChI=1S/C23H34N6O2/c1-23(2,3)31-22(30)28-19-9-7-17(8-10-19)11-14-26-21(24-4)27-16-18-12-13-25-20(15-18)29(5)6/h7-10,12-13,15H,11,14,16H2,1-6H3,(H,28,30)(H2,24,26,27). The zero-order valence-electron chi connectivity index (χ0n) is 19.3. The van der Waals surface area contributed by atoms with Crippen molar-refractivity contribution < 1.29 is 9.53 Å². The van der Waals surface area contributed by atoms with Crippen LogP contribution >= 0.6 is 0 Å². The van der Waals surface area contributed by atoms with Crippen LogP contribution in [-0.2, 0) is 17.7 Å². The Morgan fingerprint density at radius 1 is 1.10 bits per heavy atom. The van der Waals surface area contributed by atoms with E-state index in [0.29, 0.717) is 12.2 Å². The second-order valence-corrected chi connectivity index (χ2v) is 8.34. The minimum absolute atomic E-state index is 0.455. The Hall–Kier alpha value is -3.29. The number of anilines is 2. The summed E-state index contributed by atoms with van der Waals surface area (Å²) in [4.78, 5) is 22.4. The maximum atomic E-state index is 11.8. The van der Waals surface area contributed by atoms with Gasteiger partial charge in [0.25, 0.3) is 0 Å². The van der Waals surface area contributed by atoms with Crippen LogP contribution in [-0.4, -0.2) is 50.3 Å². The number of rotatable bonds is 7. The number of hydrogen-bond donors (Lipinski definition) is 3. The van der Waals surface area contributed by atoms with Gasteiger partial charge in [0, 0.05) is 46.1 Å². The Morgan fingerprint density at radius 3 is 2.42 bits per heavy atom. The summed E-state index contributed by atoms with van der Waals surface area (Å²) in [5, 5.41) is 9.38. The molecule has 0 atom stereocenters. The van der Waals surface area contributed by atoms with Gasteiger partial charge in [-0.2, -0.15) is 0 Å². The molecule has 0 radical (unpaired) electrons. The van der Waals surface area contributed by atoms with Gasteiger partial charge in [-0.15, -0.1) is 0 Å². The van der Waals surface area contributed by atoms with E-state index < -0.39 is 11.7 Å². The van der Waals surface area contributed by atoms with Crippen molar-refractivity contribution in [3.8, 4) is 0 Å². The third kappa shape index (κ3) is 8.94. The molecular formula is C23H34N6O2. The van der Waals surface area contributed by atoms with Crippen molar-refractivity contribution in [3.63, 3.8) is 0 Å². The summed E-state index contributed by atoms with van der Waals surface area (Å²) in [6.07, 6.45) is 2.18. The van der Waals surface area contributed by atoms with E-state index in [1.807, 2.05) is 82.4 Å². The first-order chi connectivity index (χ1) is 14.7. The van der Waals surface area contributed by atoms with Gasteiger partial charge >= 0.3 is 6.09 Å². The van der Waals surface area contributed by atoms with Crippen LogP contribution in [0.25, 0.3) is 0 Å². The summed E-state index contributed by atoms with van der Waals surface area (Å²) < 4.78 is 5.26. The van der Waals surface area contributed by atoms with Crippen LogP contribution in [0.4, 0.5) is 16.3 Å². The van der Waals surface area contributed by atoms with Gasteiger partial charge in [0.1, 0.15) is 11.4 Å². The fraction of sp³-hybridized carbons (Fsp3) is 0.435. The molecule has 2 aromatic rings. The van der Waals surface area contributed by atoms with Gasteiger partial charge in [0.2, 0.25) is 0 Å². The molecular weight excluding hydrogens is 392 g/mol. The largest absolute Gasteiger partial charge is 0.444 e. The van der Waals surface area contributed by atoms with Crippen LogP contribution < -0.4 is 20.9 Å². The van der Waals surface area contributed by atoms with Gasteiger partial charge in [-0.25, -0.2) is 9.78 Å². The molecule has 0 unspecified atom stereocenters. The predicted octanol–water partition coefficient (Wildman–Crippen LogP) is 3.40. The van der Waals surface area contributed by atoms with Crippen molar-refractivity contribution in [2.45, 2.75) is 39.3 Å². The van der Waals surface area contributed by atoms with Crippen LogP contribution in [0.15, 0.2) is 47.6 Å². The fourth-order valence-corrected chi connectivity index (χ4v) is 2.72. The van der Waals surface area contributed by atoms with Crippen LogP contribution in [0.5, 0.6) is 0 Å². The van der Waals surface area contributed by atoms with E-state index in [0.717, 1.165) is 35.9 Å². The van der Waals surface area contributed by atoms with Gasteiger partial charge in [0.15, 0.2) is 5.96 Å². The molecule has 8 heteroatoms. The normalized spacial score (nSPS) is 11.6. The van der Waals surface area contributed by atoms with E-state index in [2.05, 4.69) is 25.9 Å². The molecule has 1 aromatic carbocycles. The van der Waals surface area contributed by atoms with Crippen LogP contribution in [0, 0.1) is 0 Å². The molecule has 0 aliphatic heterocycles. The summed E-state index contributed by atoms with van der Waals surface area (Å²) in [6, 6.07) is 11.8. The topological polar surface area (TPSA) is 90.9 Å². The number of nitrogens with zero attached hydrogens (tertiary/aromatic N) is 3. The number of carbonyl (C=O) groups excluding carboxylic acids is 1. The van der Waals surface area contributed by atoms with Crippen LogP contribution in [0.3, 0.4) is 0 Å². The molecule has 0 saturated carbocycles. The van der Waals surface area contributed by atoms with Gasteiger partial charge in [-0.3, -0.25) is 10.3 Å². The smallest absolute Gasteiger partial charge is 0.412 e. The third-order valence-electron chi connectivity index (χ3n) is 4.26. The molecule has 1 aromatic heterocycles. The van der Waals surface area contributed by atoms with Crippen LogP contribution in [0.1, 0.15) is 31.9 Å².